The monoisotopic (exact) mass is 1530 g/mol. The molecule has 0 rings (SSSR count). The summed E-state index contributed by atoms with van der Waals surface area (Å²) in [6.07, 6.45) is 71.1. The first-order valence-corrected chi connectivity index (χ1v) is 47.7. The first-order valence-electron chi connectivity index (χ1n) is 47.7. The number of esters is 5. The average Bonchev–Trinajstić information content (AvgIpc) is 0.909. The summed E-state index contributed by atoms with van der Waals surface area (Å²) in [7, 11) is 6.56. The van der Waals surface area contributed by atoms with Crippen LogP contribution in [0, 0.1) is 47.3 Å². The van der Waals surface area contributed by atoms with Crippen molar-refractivity contribution in [3.8, 4) is 0 Å². The molecule has 0 bridgehead atoms. The first kappa shape index (κ1) is 105. The molecule has 0 aromatic heterocycles. The number of nitrogens with zero attached hydrogens (tertiary/aromatic N) is 2. The third-order valence-electron chi connectivity index (χ3n) is 24.1. The van der Waals surface area contributed by atoms with Crippen molar-refractivity contribution < 1.29 is 47.7 Å². The lowest BCUT2D eigenvalue weighted by Gasteiger charge is -2.28. The molecule has 0 saturated heterocycles. The van der Waals surface area contributed by atoms with Gasteiger partial charge in [-0.15, -0.1) is 0 Å². The minimum Gasteiger partial charge on any atom is -0.466 e. The van der Waals surface area contributed by atoms with E-state index in [0.717, 1.165) is 173 Å². The third-order valence-corrected chi connectivity index (χ3v) is 24.1. The molecule has 0 amide bonds. The van der Waals surface area contributed by atoms with Crippen LogP contribution in [0.3, 0.4) is 0 Å². The van der Waals surface area contributed by atoms with Gasteiger partial charge in [-0.25, -0.2) is 0 Å². The van der Waals surface area contributed by atoms with Crippen LogP contribution in [0.25, 0.3) is 0 Å². The predicted octanol–water partition coefficient (Wildman–Crippen LogP) is 27.9. The molecule has 640 valence electrons. The van der Waals surface area contributed by atoms with Gasteiger partial charge in [-0.3, -0.25) is 24.0 Å². The van der Waals surface area contributed by atoms with Crippen molar-refractivity contribution in [3.63, 3.8) is 0 Å². The topological polar surface area (TPSA) is 138 Å². The van der Waals surface area contributed by atoms with Crippen LogP contribution in [0.5, 0.6) is 0 Å². The second-order valence-electron chi connectivity index (χ2n) is 34.6. The summed E-state index contributed by atoms with van der Waals surface area (Å²) >= 11 is 0. The predicted molar refractivity (Wildman–Crippen MR) is 461 cm³/mol. The molecule has 0 fully saturated rings. The Morgan fingerprint density at radius 1 is 0.287 bits per heavy atom. The molecule has 0 saturated carbocycles. The normalized spacial score (nSPS) is 13.5. The maximum Gasteiger partial charge on any atom is 0.308 e. The standard InChI is InChI=1S/C96H186N2O10/c1-13-21-58-85(59-22-14-2)72-78-106-92(99)68-53-45-37-31-33-41-49-64-88(83-97(10)11)65-50-42-34-32-38-46-54-69-93(100)107-79-73-86(60-23-15-3)71-70-84(9)90(19-7)80-89(63-26-18-6)82-95(102)105-76-56-48-40-30-28-36-44-52-67-91(96(103)108-77-57-74-98(12)20-8)66-51-43-35-27-29-39-47-55-75-104-94(101)81-87(61-24-16-4)62-25-17-5/h84-91H,13-83H2,1-12H3. The molecule has 12 heteroatoms. The lowest BCUT2D eigenvalue weighted by atomic mass is 9.77. The van der Waals surface area contributed by atoms with Gasteiger partial charge in [-0.2, -0.15) is 0 Å². The highest BCUT2D eigenvalue weighted by Crippen LogP contribution is 2.34. The maximum atomic E-state index is 13.3. The third kappa shape index (κ3) is 68.8. The first-order chi connectivity index (χ1) is 52.6. The van der Waals surface area contributed by atoms with Gasteiger partial charge in [0.05, 0.1) is 39.0 Å². The zero-order valence-corrected chi connectivity index (χ0v) is 74.3. The fourth-order valence-electron chi connectivity index (χ4n) is 16.5. The second-order valence-corrected chi connectivity index (χ2v) is 34.6. The highest BCUT2D eigenvalue weighted by Gasteiger charge is 2.25. The van der Waals surface area contributed by atoms with E-state index >= 15 is 0 Å². The highest BCUT2D eigenvalue weighted by molar-refractivity contribution is 5.72. The molecule has 0 aliphatic carbocycles. The lowest BCUT2D eigenvalue weighted by Crippen LogP contribution is -2.23. The number of unbranched alkanes of at least 4 members (excludes halogenated alkanes) is 32. The molecule has 0 aliphatic rings. The molecule has 12 nitrogen and oxygen atoms in total. The molecule has 0 aromatic rings. The Balaban J connectivity index is 4.53. The molecule has 0 aliphatic heterocycles. The van der Waals surface area contributed by atoms with Gasteiger partial charge in [0.15, 0.2) is 0 Å². The van der Waals surface area contributed by atoms with Crippen molar-refractivity contribution in [1.29, 1.82) is 0 Å². The van der Waals surface area contributed by atoms with Gasteiger partial charge < -0.3 is 33.5 Å². The molecule has 0 radical (unpaired) electrons. The molecule has 6 unspecified atom stereocenters. The van der Waals surface area contributed by atoms with Crippen LogP contribution in [0.4, 0.5) is 0 Å². The molecular formula is C96H186N2O10. The van der Waals surface area contributed by atoms with Crippen LogP contribution in [0.15, 0.2) is 0 Å². The Hall–Kier alpha value is -2.73. The van der Waals surface area contributed by atoms with E-state index in [4.69, 9.17) is 23.7 Å². The molecule has 6 atom stereocenters. The van der Waals surface area contributed by atoms with E-state index < -0.39 is 0 Å². The van der Waals surface area contributed by atoms with E-state index in [1.165, 1.54) is 231 Å². The Morgan fingerprint density at radius 3 is 1.00 bits per heavy atom. The summed E-state index contributed by atoms with van der Waals surface area (Å²) in [6, 6.07) is 0. The van der Waals surface area contributed by atoms with Crippen LogP contribution in [-0.2, 0) is 47.7 Å². The lowest BCUT2D eigenvalue weighted by molar-refractivity contribution is -0.149. The Kier molecular flexibility index (Phi) is 77.5. The summed E-state index contributed by atoms with van der Waals surface area (Å²) in [5.41, 5.74) is 0. The Labute approximate surface area is 671 Å². The Morgan fingerprint density at radius 2 is 0.611 bits per heavy atom. The van der Waals surface area contributed by atoms with Gasteiger partial charge in [0.25, 0.3) is 0 Å². The molecular weight excluding hydrogens is 1340 g/mol. The van der Waals surface area contributed by atoms with Crippen LogP contribution in [-0.4, -0.2) is 113 Å². The van der Waals surface area contributed by atoms with Crippen LogP contribution in [0.1, 0.15) is 467 Å². The summed E-state index contributed by atoms with van der Waals surface area (Å²) < 4.78 is 28.9. The summed E-state index contributed by atoms with van der Waals surface area (Å²) in [4.78, 5) is 69.0. The largest absolute Gasteiger partial charge is 0.466 e. The van der Waals surface area contributed by atoms with E-state index in [-0.39, 0.29) is 35.8 Å². The maximum absolute atomic E-state index is 13.3. The molecule has 0 N–H and O–H groups in total. The smallest absolute Gasteiger partial charge is 0.308 e. The minimum atomic E-state index is -0.0176. The molecule has 108 heavy (non-hydrogen) atoms. The Bertz CT molecular complexity index is 1950. The summed E-state index contributed by atoms with van der Waals surface area (Å²) in [5.74, 6) is 4.09. The van der Waals surface area contributed by atoms with Crippen LogP contribution < -0.4 is 0 Å². The van der Waals surface area contributed by atoms with Gasteiger partial charge in [0, 0.05) is 38.8 Å². The van der Waals surface area contributed by atoms with Gasteiger partial charge in [-0.05, 0) is 165 Å². The fourth-order valence-corrected chi connectivity index (χ4v) is 16.5. The van der Waals surface area contributed by atoms with Crippen molar-refractivity contribution in [3.05, 3.63) is 0 Å². The zero-order valence-electron chi connectivity index (χ0n) is 74.3. The SMILES string of the molecule is CCCCC(CCCC)CCOC(=O)CCCCCCCCCC(CCCCCCCCCC(=O)OCCC(CCCC)CCC(C)C(CC)CC(CCCC)CC(=O)OCCCCCCCCCCC(CCCCCCCCCCOC(=O)CC(CCCC)CCCC)C(=O)OCCCN(C)CC)CN(C)C. The highest BCUT2D eigenvalue weighted by atomic mass is 16.5. The number of carbonyl (C=O) groups excluding carboxylic acids is 5. The quantitative estimate of drug-likeness (QED) is 0.0325. The van der Waals surface area contributed by atoms with E-state index in [0.29, 0.717) is 94.2 Å². The van der Waals surface area contributed by atoms with Crippen molar-refractivity contribution in [1.82, 2.24) is 9.80 Å². The van der Waals surface area contributed by atoms with Gasteiger partial charge in [0.1, 0.15) is 0 Å². The minimum absolute atomic E-state index is 0.00257. The van der Waals surface area contributed by atoms with E-state index in [1.54, 1.807) is 0 Å². The number of hydrogen-bond acceptors (Lipinski definition) is 12. The molecule has 0 heterocycles. The average molecular weight is 1530 g/mol. The summed E-state index contributed by atoms with van der Waals surface area (Å²) in [6.45, 7) is 26.3. The van der Waals surface area contributed by atoms with Crippen molar-refractivity contribution in [2.24, 2.45) is 47.3 Å². The van der Waals surface area contributed by atoms with E-state index in [1.807, 2.05) is 0 Å². The second kappa shape index (κ2) is 79.5. The fraction of sp³-hybridized carbons (Fsp3) is 0.948. The van der Waals surface area contributed by atoms with Gasteiger partial charge in [0.2, 0.25) is 0 Å². The number of rotatable bonds is 85. The molecule has 0 spiro atoms. The van der Waals surface area contributed by atoms with Crippen LogP contribution >= 0.6 is 0 Å². The number of hydrogen-bond donors (Lipinski definition) is 0. The van der Waals surface area contributed by atoms with Crippen molar-refractivity contribution in [2.45, 2.75) is 467 Å². The number of ether oxygens (including phenoxy) is 5. The van der Waals surface area contributed by atoms with E-state index in [9.17, 15) is 24.0 Å². The zero-order chi connectivity index (χ0) is 79.4. The van der Waals surface area contributed by atoms with Crippen molar-refractivity contribution in [2.75, 3.05) is 73.8 Å². The number of carbonyl (C=O) groups is 5. The summed E-state index contributed by atoms with van der Waals surface area (Å²) in [5, 5.41) is 0. The van der Waals surface area contributed by atoms with Crippen LogP contribution in [0.2, 0.25) is 0 Å². The van der Waals surface area contributed by atoms with Gasteiger partial charge in [-0.1, -0.05) is 345 Å². The molecule has 0 aromatic carbocycles. The van der Waals surface area contributed by atoms with Gasteiger partial charge >= 0.3 is 29.8 Å². The van der Waals surface area contributed by atoms with E-state index in [2.05, 4.69) is 93.3 Å². The van der Waals surface area contributed by atoms with Crippen molar-refractivity contribution >= 4 is 29.8 Å².